The molecule has 118 valence electrons. The van der Waals surface area contributed by atoms with Gasteiger partial charge in [0.25, 0.3) is 5.56 Å². The van der Waals surface area contributed by atoms with Gasteiger partial charge >= 0.3 is 0 Å². The third-order valence-corrected chi connectivity index (χ3v) is 4.45. The largest absolute Gasteiger partial charge is 0.305 e. The highest BCUT2D eigenvalue weighted by atomic mass is 79.9. The Balaban J connectivity index is 1.81. The molecule has 0 saturated carbocycles. The number of aromatic nitrogens is 2. The van der Waals surface area contributed by atoms with Crippen LogP contribution in [0.5, 0.6) is 0 Å². The third-order valence-electron chi connectivity index (χ3n) is 3.64. The van der Waals surface area contributed by atoms with Crippen molar-refractivity contribution < 1.29 is 0 Å². The smallest absolute Gasteiger partial charge is 0.258 e. The molecule has 0 amide bonds. The van der Waals surface area contributed by atoms with Gasteiger partial charge in [-0.3, -0.25) is 9.20 Å². The van der Waals surface area contributed by atoms with Crippen LogP contribution in [0.1, 0.15) is 24.2 Å². The molecule has 2 aromatic heterocycles. The van der Waals surface area contributed by atoms with Gasteiger partial charge in [-0.05, 0) is 46.6 Å². The zero-order valence-electron chi connectivity index (χ0n) is 12.5. The highest BCUT2D eigenvalue weighted by Crippen LogP contribution is 2.22. The lowest BCUT2D eigenvalue weighted by atomic mass is 10.1. The van der Waals surface area contributed by atoms with E-state index in [1.165, 1.54) is 4.40 Å². The summed E-state index contributed by atoms with van der Waals surface area (Å²) in [5.41, 5.74) is 2.26. The Bertz CT molecular complexity index is 910. The molecule has 0 aliphatic heterocycles. The first-order chi connectivity index (χ1) is 11.0. The molecule has 1 N–H and O–H groups in total. The zero-order chi connectivity index (χ0) is 16.4. The molecule has 0 saturated heterocycles. The van der Waals surface area contributed by atoms with Gasteiger partial charge in [-0.2, -0.15) is 0 Å². The standard InChI is InChI=1S/C17H15BrClN3O/c1-11(14-4-2-3-5-15(14)19)20-9-13-8-17(23)22-10-12(18)6-7-16(22)21-13/h2-8,10-11,20H,9H2,1H3/t11-/m1/s1. The van der Waals surface area contributed by atoms with E-state index in [4.69, 9.17) is 11.6 Å². The molecule has 3 rings (SSSR count). The molecule has 3 aromatic rings. The van der Waals surface area contributed by atoms with Crippen LogP contribution in [0.3, 0.4) is 0 Å². The summed E-state index contributed by atoms with van der Waals surface area (Å²) >= 11 is 9.56. The lowest BCUT2D eigenvalue weighted by Gasteiger charge is -2.15. The van der Waals surface area contributed by atoms with Crippen molar-refractivity contribution in [2.45, 2.75) is 19.5 Å². The predicted molar refractivity (Wildman–Crippen MR) is 95.9 cm³/mol. The van der Waals surface area contributed by atoms with Crippen LogP contribution in [-0.4, -0.2) is 9.38 Å². The van der Waals surface area contributed by atoms with Crippen molar-refractivity contribution in [3.8, 4) is 0 Å². The van der Waals surface area contributed by atoms with E-state index in [9.17, 15) is 4.79 Å². The number of nitrogens with zero attached hydrogens (tertiary/aromatic N) is 2. The van der Waals surface area contributed by atoms with Gasteiger partial charge in [0.2, 0.25) is 0 Å². The first-order valence-corrected chi connectivity index (χ1v) is 8.37. The van der Waals surface area contributed by atoms with Crippen molar-refractivity contribution in [1.82, 2.24) is 14.7 Å². The summed E-state index contributed by atoms with van der Waals surface area (Å²) in [4.78, 5) is 16.7. The molecule has 0 unspecified atom stereocenters. The van der Waals surface area contributed by atoms with Gasteiger partial charge in [-0.15, -0.1) is 0 Å². The molecule has 23 heavy (non-hydrogen) atoms. The summed E-state index contributed by atoms with van der Waals surface area (Å²) in [5, 5.41) is 4.08. The molecule has 0 bridgehead atoms. The summed E-state index contributed by atoms with van der Waals surface area (Å²) in [7, 11) is 0. The lowest BCUT2D eigenvalue weighted by Crippen LogP contribution is -2.22. The summed E-state index contributed by atoms with van der Waals surface area (Å²) in [6.45, 7) is 2.53. The highest BCUT2D eigenvalue weighted by molar-refractivity contribution is 9.10. The van der Waals surface area contributed by atoms with Gasteiger partial charge in [0.05, 0.1) is 5.69 Å². The molecule has 1 atom stereocenters. The maximum Gasteiger partial charge on any atom is 0.258 e. The van der Waals surface area contributed by atoms with Crippen molar-refractivity contribution in [3.63, 3.8) is 0 Å². The number of nitrogens with one attached hydrogen (secondary N) is 1. The highest BCUT2D eigenvalue weighted by Gasteiger charge is 2.09. The summed E-state index contributed by atoms with van der Waals surface area (Å²) in [6, 6.07) is 13.0. The Hall–Kier alpha value is -1.69. The fraction of sp³-hybridized carbons (Fsp3) is 0.176. The minimum atomic E-state index is -0.0986. The second kappa shape index (κ2) is 6.83. The van der Waals surface area contributed by atoms with Gasteiger partial charge < -0.3 is 5.32 Å². The van der Waals surface area contributed by atoms with Gasteiger partial charge in [0.1, 0.15) is 5.65 Å². The van der Waals surface area contributed by atoms with E-state index in [0.29, 0.717) is 17.9 Å². The Morgan fingerprint density at radius 3 is 2.87 bits per heavy atom. The molecule has 0 aliphatic carbocycles. The van der Waals surface area contributed by atoms with Crippen LogP contribution in [-0.2, 0) is 6.54 Å². The Morgan fingerprint density at radius 2 is 2.09 bits per heavy atom. The Morgan fingerprint density at radius 1 is 1.30 bits per heavy atom. The summed E-state index contributed by atoms with van der Waals surface area (Å²) in [6.07, 6.45) is 1.72. The van der Waals surface area contributed by atoms with Crippen LogP contribution in [0.15, 0.2) is 57.9 Å². The second-order valence-corrected chi connectivity index (χ2v) is 6.61. The minimum Gasteiger partial charge on any atom is -0.305 e. The number of pyridine rings is 1. The average molecular weight is 393 g/mol. The first-order valence-electron chi connectivity index (χ1n) is 7.20. The van der Waals surface area contributed by atoms with Crippen LogP contribution in [0.4, 0.5) is 0 Å². The fourth-order valence-corrected chi connectivity index (χ4v) is 3.05. The third kappa shape index (κ3) is 3.63. The van der Waals surface area contributed by atoms with Gasteiger partial charge in [0.15, 0.2) is 0 Å². The normalized spacial score (nSPS) is 12.5. The van der Waals surface area contributed by atoms with Crippen molar-refractivity contribution in [3.05, 3.63) is 79.8 Å². The number of hydrogen-bond donors (Lipinski definition) is 1. The van der Waals surface area contributed by atoms with Crippen molar-refractivity contribution in [2.75, 3.05) is 0 Å². The lowest BCUT2D eigenvalue weighted by molar-refractivity contribution is 0.567. The molecule has 2 heterocycles. The molecule has 0 radical (unpaired) electrons. The Kier molecular flexibility index (Phi) is 4.80. The van der Waals surface area contributed by atoms with Gasteiger partial charge in [0, 0.05) is 34.3 Å². The van der Waals surface area contributed by atoms with Crippen LogP contribution in [0.2, 0.25) is 5.02 Å². The first kappa shape index (κ1) is 16.2. The molecule has 0 fully saturated rings. The molecule has 4 nitrogen and oxygen atoms in total. The van der Waals surface area contributed by atoms with Crippen LogP contribution < -0.4 is 10.9 Å². The number of hydrogen-bond acceptors (Lipinski definition) is 3. The van der Waals surface area contributed by atoms with Crippen LogP contribution >= 0.6 is 27.5 Å². The fourth-order valence-electron chi connectivity index (χ4n) is 2.41. The number of halogens is 2. The number of rotatable bonds is 4. The molecular weight excluding hydrogens is 378 g/mol. The Labute approximate surface area is 147 Å². The van der Waals surface area contributed by atoms with E-state index in [1.54, 1.807) is 12.3 Å². The van der Waals surface area contributed by atoms with Gasteiger partial charge in [-0.1, -0.05) is 29.8 Å². The van der Waals surface area contributed by atoms with E-state index < -0.39 is 0 Å². The summed E-state index contributed by atoms with van der Waals surface area (Å²) in [5.74, 6) is 0. The molecule has 1 aromatic carbocycles. The van der Waals surface area contributed by atoms with E-state index >= 15 is 0 Å². The zero-order valence-corrected chi connectivity index (χ0v) is 14.8. The SMILES string of the molecule is C[C@@H](NCc1cc(=O)n2cc(Br)ccc2n1)c1ccccc1Cl. The molecule has 6 heteroatoms. The number of fused-ring (bicyclic) bond motifs is 1. The quantitative estimate of drug-likeness (QED) is 0.731. The average Bonchev–Trinajstić information content (AvgIpc) is 2.54. The maximum absolute atomic E-state index is 12.2. The van der Waals surface area contributed by atoms with Crippen molar-refractivity contribution in [2.24, 2.45) is 0 Å². The molecule has 0 aliphatic rings. The maximum atomic E-state index is 12.2. The monoisotopic (exact) mass is 391 g/mol. The summed E-state index contributed by atoms with van der Waals surface area (Å²) < 4.78 is 2.36. The van der Waals surface area contributed by atoms with E-state index in [2.05, 4.69) is 26.2 Å². The van der Waals surface area contributed by atoms with E-state index in [0.717, 1.165) is 15.1 Å². The van der Waals surface area contributed by atoms with Crippen LogP contribution in [0.25, 0.3) is 5.65 Å². The van der Waals surface area contributed by atoms with E-state index in [1.807, 2.05) is 43.3 Å². The van der Waals surface area contributed by atoms with Gasteiger partial charge in [-0.25, -0.2) is 4.98 Å². The minimum absolute atomic E-state index is 0.0638. The van der Waals surface area contributed by atoms with Crippen LogP contribution in [0, 0.1) is 0 Å². The predicted octanol–water partition coefficient (Wildman–Crippen LogP) is 3.96. The number of benzene rings is 1. The second-order valence-electron chi connectivity index (χ2n) is 5.29. The molecular formula is C17H15BrClN3O. The van der Waals surface area contributed by atoms with E-state index in [-0.39, 0.29) is 11.6 Å². The molecule has 0 spiro atoms. The van der Waals surface area contributed by atoms with Crippen molar-refractivity contribution >= 4 is 33.2 Å². The van der Waals surface area contributed by atoms with Crippen molar-refractivity contribution in [1.29, 1.82) is 0 Å². The topological polar surface area (TPSA) is 46.4 Å².